The van der Waals surface area contributed by atoms with E-state index >= 15 is 0 Å². The van der Waals surface area contributed by atoms with Crippen molar-refractivity contribution in [2.24, 2.45) is 0 Å². The van der Waals surface area contributed by atoms with Crippen molar-refractivity contribution in [2.75, 3.05) is 0 Å². The second-order valence-electron chi connectivity index (χ2n) is 5.70. The number of nitrogens with one attached hydrogen (secondary N) is 1. The quantitative estimate of drug-likeness (QED) is 0.463. The second-order valence-corrected chi connectivity index (χ2v) is 5.70. The molecule has 0 fully saturated rings. The normalized spacial score (nSPS) is 11.3. The second kappa shape index (κ2) is 4.49. The largest absolute Gasteiger partial charge is 0.358 e. The number of hydrogen-bond acceptors (Lipinski definition) is 0. The summed E-state index contributed by atoms with van der Waals surface area (Å²) in [5, 5.41) is 3.91. The van der Waals surface area contributed by atoms with Crippen LogP contribution < -0.4 is 0 Å². The molecule has 4 rings (SSSR count). The molecular weight excluding hydrogens is 254 g/mol. The van der Waals surface area contributed by atoms with Crippen LogP contribution >= 0.6 is 0 Å². The average molecular weight is 271 g/mol. The molecule has 0 aliphatic carbocycles. The molecule has 0 saturated carbocycles. The summed E-state index contributed by atoms with van der Waals surface area (Å²) in [7, 11) is 0. The summed E-state index contributed by atoms with van der Waals surface area (Å²) in [6.07, 6.45) is 0. The van der Waals surface area contributed by atoms with Crippen molar-refractivity contribution in [3.8, 4) is 11.1 Å². The van der Waals surface area contributed by atoms with E-state index in [0.717, 1.165) is 0 Å². The lowest BCUT2D eigenvalue weighted by Gasteiger charge is -2.08. The fourth-order valence-corrected chi connectivity index (χ4v) is 3.24. The van der Waals surface area contributed by atoms with E-state index in [-0.39, 0.29) is 0 Å². The standard InChI is InChI=1S/C20H17N/c1-13-10-11-16-15(12-13)6-5-8-17(16)20-14(2)21-19-9-4-3-7-18(19)20/h3-12,21H,1-2H3. The van der Waals surface area contributed by atoms with Crippen LogP contribution in [0.25, 0.3) is 32.8 Å². The van der Waals surface area contributed by atoms with E-state index in [1.165, 1.54) is 44.1 Å². The molecule has 1 N–H and O–H groups in total. The van der Waals surface area contributed by atoms with Gasteiger partial charge in [-0.05, 0) is 36.2 Å². The van der Waals surface area contributed by atoms with Gasteiger partial charge in [0, 0.05) is 22.2 Å². The Kier molecular flexibility index (Phi) is 2.61. The summed E-state index contributed by atoms with van der Waals surface area (Å²) in [6.45, 7) is 4.30. The van der Waals surface area contributed by atoms with Crippen LogP contribution in [0.15, 0.2) is 60.7 Å². The Morgan fingerprint density at radius 1 is 0.762 bits per heavy atom. The fraction of sp³-hybridized carbons (Fsp3) is 0.100. The highest BCUT2D eigenvalue weighted by Gasteiger charge is 2.12. The van der Waals surface area contributed by atoms with Crippen LogP contribution in [0.1, 0.15) is 11.3 Å². The van der Waals surface area contributed by atoms with Crippen LogP contribution in [0.2, 0.25) is 0 Å². The molecule has 1 nitrogen and oxygen atoms in total. The number of aryl methyl sites for hydroxylation is 2. The first-order valence-corrected chi connectivity index (χ1v) is 7.31. The predicted octanol–water partition coefficient (Wildman–Crippen LogP) is 5.60. The Morgan fingerprint density at radius 3 is 2.52 bits per heavy atom. The maximum absolute atomic E-state index is 3.50. The van der Waals surface area contributed by atoms with E-state index in [0.29, 0.717) is 0 Å². The third kappa shape index (κ3) is 1.85. The van der Waals surface area contributed by atoms with Gasteiger partial charge in [-0.25, -0.2) is 0 Å². The Balaban J connectivity index is 2.12. The molecule has 0 aliphatic rings. The fourth-order valence-electron chi connectivity index (χ4n) is 3.24. The van der Waals surface area contributed by atoms with E-state index in [1.807, 2.05) is 0 Å². The molecule has 1 heteroatoms. The number of rotatable bonds is 1. The first-order valence-electron chi connectivity index (χ1n) is 7.31. The molecule has 102 valence electrons. The molecule has 3 aromatic carbocycles. The zero-order valence-corrected chi connectivity index (χ0v) is 12.3. The van der Waals surface area contributed by atoms with Crippen molar-refractivity contribution in [1.29, 1.82) is 0 Å². The van der Waals surface area contributed by atoms with Crippen LogP contribution in [-0.4, -0.2) is 4.98 Å². The summed E-state index contributed by atoms with van der Waals surface area (Å²) in [5.74, 6) is 0. The van der Waals surface area contributed by atoms with Crippen LogP contribution in [0.3, 0.4) is 0 Å². The molecule has 0 atom stereocenters. The van der Waals surface area contributed by atoms with Crippen LogP contribution in [0, 0.1) is 13.8 Å². The highest BCUT2D eigenvalue weighted by atomic mass is 14.7. The number of hydrogen-bond donors (Lipinski definition) is 1. The van der Waals surface area contributed by atoms with Crippen molar-refractivity contribution < 1.29 is 0 Å². The lowest BCUT2D eigenvalue weighted by molar-refractivity contribution is 1.30. The third-order valence-corrected chi connectivity index (χ3v) is 4.20. The number of aromatic amines is 1. The van der Waals surface area contributed by atoms with Gasteiger partial charge in [0.1, 0.15) is 0 Å². The molecule has 0 unspecified atom stereocenters. The maximum Gasteiger partial charge on any atom is 0.0462 e. The van der Waals surface area contributed by atoms with Gasteiger partial charge in [0.25, 0.3) is 0 Å². The first kappa shape index (κ1) is 12.2. The Bertz CT molecular complexity index is 960. The highest BCUT2D eigenvalue weighted by Crippen LogP contribution is 2.36. The van der Waals surface area contributed by atoms with Gasteiger partial charge in [0.15, 0.2) is 0 Å². The third-order valence-electron chi connectivity index (χ3n) is 4.20. The minimum absolute atomic E-state index is 1.20. The first-order chi connectivity index (χ1) is 10.2. The van der Waals surface area contributed by atoms with Gasteiger partial charge in [0.2, 0.25) is 0 Å². The number of fused-ring (bicyclic) bond motifs is 2. The Labute approximate surface area is 124 Å². The number of para-hydroxylation sites is 1. The molecule has 1 aromatic heterocycles. The average Bonchev–Trinajstić information content (AvgIpc) is 2.82. The van der Waals surface area contributed by atoms with Crippen molar-refractivity contribution in [3.05, 3.63) is 71.9 Å². The van der Waals surface area contributed by atoms with Crippen LogP contribution in [0.5, 0.6) is 0 Å². The smallest absolute Gasteiger partial charge is 0.0462 e. The zero-order chi connectivity index (χ0) is 14.4. The van der Waals surface area contributed by atoms with Crippen LogP contribution in [-0.2, 0) is 0 Å². The van der Waals surface area contributed by atoms with Crippen molar-refractivity contribution in [2.45, 2.75) is 13.8 Å². The van der Waals surface area contributed by atoms with Crippen molar-refractivity contribution in [1.82, 2.24) is 4.98 Å². The van der Waals surface area contributed by atoms with E-state index in [1.54, 1.807) is 0 Å². The summed E-state index contributed by atoms with van der Waals surface area (Å²) >= 11 is 0. The predicted molar refractivity (Wildman–Crippen MR) is 90.7 cm³/mol. The minimum Gasteiger partial charge on any atom is -0.358 e. The molecular formula is C20H17N. The van der Waals surface area contributed by atoms with Gasteiger partial charge in [-0.3, -0.25) is 0 Å². The van der Waals surface area contributed by atoms with E-state index in [2.05, 4.69) is 79.5 Å². The molecule has 1 heterocycles. The summed E-state index contributed by atoms with van der Waals surface area (Å²) in [5.41, 5.74) is 6.36. The minimum atomic E-state index is 1.20. The SMILES string of the molecule is Cc1ccc2c(-c3c(C)[nH]c4ccccc34)cccc2c1. The van der Waals surface area contributed by atoms with E-state index in [4.69, 9.17) is 0 Å². The van der Waals surface area contributed by atoms with Gasteiger partial charge in [-0.2, -0.15) is 0 Å². The molecule has 21 heavy (non-hydrogen) atoms. The highest BCUT2D eigenvalue weighted by molar-refractivity contribution is 6.06. The summed E-state index contributed by atoms with van der Waals surface area (Å²) in [6, 6.07) is 21.8. The molecule has 0 aliphatic heterocycles. The number of benzene rings is 3. The van der Waals surface area contributed by atoms with E-state index < -0.39 is 0 Å². The maximum atomic E-state index is 3.50. The Morgan fingerprint density at radius 2 is 1.62 bits per heavy atom. The summed E-state index contributed by atoms with van der Waals surface area (Å²) < 4.78 is 0. The topological polar surface area (TPSA) is 15.8 Å². The lowest BCUT2D eigenvalue weighted by atomic mass is 9.95. The summed E-state index contributed by atoms with van der Waals surface area (Å²) in [4.78, 5) is 3.50. The number of aromatic nitrogens is 1. The molecule has 0 saturated heterocycles. The van der Waals surface area contributed by atoms with Gasteiger partial charge < -0.3 is 4.98 Å². The number of H-pyrrole nitrogens is 1. The van der Waals surface area contributed by atoms with Gasteiger partial charge in [-0.1, -0.05) is 60.2 Å². The molecule has 0 bridgehead atoms. The lowest BCUT2D eigenvalue weighted by Crippen LogP contribution is -1.84. The zero-order valence-electron chi connectivity index (χ0n) is 12.3. The molecule has 0 spiro atoms. The van der Waals surface area contributed by atoms with E-state index in [9.17, 15) is 0 Å². The molecule has 0 radical (unpaired) electrons. The van der Waals surface area contributed by atoms with Gasteiger partial charge >= 0.3 is 0 Å². The molecule has 0 amide bonds. The monoisotopic (exact) mass is 271 g/mol. The van der Waals surface area contributed by atoms with Gasteiger partial charge in [0.05, 0.1) is 0 Å². The van der Waals surface area contributed by atoms with Crippen molar-refractivity contribution in [3.63, 3.8) is 0 Å². The molecule has 4 aromatic rings. The Hall–Kier alpha value is -2.54. The van der Waals surface area contributed by atoms with Gasteiger partial charge in [-0.15, -0.1) is 0 Å². The van der Waals surface area contributed by atoms with Crippen LogP contribution in [0.4, 0.5) is 0 Å². The van der Waals surface area contributed by atoms with Crippen molar-refractivity contribution >= 4 is 21.7 Å².